The number of hydrogen-bond donors (Lipinski definition) is 1. The van der Waals surface area contributed by atoms with Gasteiger partial charge in [0.05, 0.1) is 5.69 Å². The molecular formula is C23H22N2O2. The Labute approximate surface area is 158 Å². The van der Waals surface area contributed by atoms with Gasteiger partial charge in [0.25, 0.3) is 5.91 Å². The van der Waals surface area contributed by atoms with Crippen LogP contribution < -0.4 is 10.2 Å². The number of nitrogens with one attached hydrogen (secondary N) is 1. The van der Waals surface area contributed by atoms with Crippen LogP contribution in [0, 0.1) is 0 Å². The zero-order valence-electron chi connectivity index (χ0n) is 15.7. The number of hydrogen-bond acceptors (Lipinski definition) is 2. The van der Waals surface area contributed by atoms with E-state index in [0.717, 1.165) is 27.7 Å². The Balaban J connectivity index is 1.61. The predicted octanol–water partition coefficient (Wildman–Crippen LogP) is 4.74. The smallest absolute Gasteiger partial charge is 0.259 e. The van der Waals surface area contributed by atoms with Gasteiger partial charge in [-0.05, 0) is 34.6 Å². The molecular weight excluding hydrogens is 336 g/mol. The molecule has 4 heteroatoms. The van der Waals surface area contributed by atoms with Crippen LogP contribution in [0.5, 0.6) is 0 Å². The highest BCUT2D eigenvalue weighted by molar-refractivity contribution is 6.26. The summed E-state index contributed by atoms with van der Waals surface area (Å²) in [5, 5.41) is 4.93. The first-order valence-electron chi connectivity index (χ1n) is 9.09. The third-order valence-electron chi connectivity index (χ3n) is 4.96. The van der Waals surface area contributed by atoms with Gasteiger partial charge < -0.3 is 5.32 Å². The maximum Gasteiger partial charge on any atom is 0.259 e. The van der Waals surface area contributed by atoms with Crippen LogP contribution in [0.25, 0.3) is 10.8 Å². The Bertz CT molecular complexity index is 1060. The van der Waals surface area contributed by atoms with Crippen LogP contribution >= 0.6 is 0 Å². The molecule has 0 atom stereocenters. The summed E-state index contributed by atoms with van der Waals surface area (Å²) in [4.78, 5) is 27.2. The molecule has 4 rings (SSSR count). The number of benzene rings is 3. The second-order valence-electron chi connectivity index (χ2n) is 7.92. The first-order chi connectivity index (χ1) is 12.9. The van der Waals surface area contributed by atoms with E-state index in [1.165, 1.54) is 0 Å². The first kappa shape index (κ1) is 17.3. The second-order valence-corrected chi connectivity index (χ2v) is 7.92. The minimum Gasteiger partial charge on any atom is -0.324 e. The highest BCUT2D eigenvalue weighted by Crippen LogP contribution is 2.37. The van der Waals surface area contributed by atoms with Crippen molar-refractivity contribution in [2.75, 3.05) is 16.8 Å². The van der Waals surface area contributed by atoms with Gasteiger partial charge in [-0.1, -0.05) is 63.2 Å². The molecule has 0 aliphatic carbocycles. The van der Waals surface area contributed by atoms with Crippen molar-refractivity contribution in [1.29, 1.82) is 0 Å². The summed E-state index contributed by atoms with van der Waals surface area (Å²) in [5.41, 5.74) is 3.22. The molecule has 1 aliphatic rings. The van der Waals surface area contributed by atoms with E-state index in [1.807, 2.05) is 60.7 Å². The van der Waals surface area contributed by atoms with Crippen LogP contribution in [-0.4, -0.2) is 18.4 Å². The Morgan fingerprint density at radius 2 is 1.67 bits per heavy atom. The Morgan fingerprint density at radius 1 is 0.963 bits per heavy atom. The number of carbonyl (C=O) groups is 2. The standard InChI is InChI=1S/C23H22N2O2/c1-23(2,3)17-11-4-5-12-18(17)24-20(26)14-25-19-13-7-9-15-8-6-10-16(21(15)19)22(25)27/h4-13H,14H2,1-3H3,(H,24,26). The Kier molecular flexibility index (Phi) is 3.99. The SMILES string of the molecule is CC(C)(C)c1ccccc1NC(=O)CN1C(=O)c2cccc3cccc1c23. The van der Waals surface area contributed by atoms with Crippen molar-refractivity contribution < 1.29 is 9.59 Å². The molecule has 136 valence electrons. The van der Waals surface area contributed by atoms with Gasteiger partial charge in [0.1, 0.15) is 6.54 Å². The third kappa shape index (κ3) is 2.97. The number of para-hydroxylation sites is 1. The minimum absolute atomic E-state index is 0.00883. The van der Waals surface area contributed by atoms with Crippen LogP contribution in [0.4, 0.5) is 11.4 Å². The average Bonchev–Trinajstić information content (AvgIpc) is 2.89. The van der Waals surface area contributed by atoms with Gasteiger partial charge in [-0.25, -0.2) is 0 Å². The highest BCUT2D eigenvalue weighted by atomic mass is 16.2. The van der Waals surface area contributed by atoms with E-state index in [2.05, 4.69) is 26.1 Å². The fourth-order valence-electron chi connectivity index (χ4n) is 3.72. The number of rotatable bonds is 3. The highest BCUT2D eigenvalue weighted by Gasteiger charge is 2.31. The summed E-state index contributed by atoms with van der Waals surface area (Å²) in [6.07, 6.45) is 0. The van der Waals surface area contributed by atoms with Gasteiger partial charge in [0.15, 0.2) is 0 Å². The van der Waals surface area contributed by atoms with Crippen LogP contribution in [0.3, 0.4) is 0 Å². The maximum absolute atomic E-state index is 12.8. The molecule has 0 unspecified atom stereocenters. The van der Waals surface area contributed by atoms with Gasteiger partial charge in [0.2, 0.25) is 5.91 Å². The van der Waals surface area contributed by atoms with Gasteiger partial charge in [-0.15, -0.1) is 0 Å². The first-order valence-corrected chi connectivity index (χ1v) is 9.09. The molecule has 2 amide bonds. The molecule has 1 N–H and O–H groups in total. The predicted molar refractivity (Wildman–Crippen MR) is 109 cm³/mol. The van der Waals surface area contributed by atoms with Crippen molar-refractivity contribution in [2.45, 2.75) is 26.2 Å². The van der Waals surface area contributed by atoms with Crippen molar-refractivity contribution in [3.05, 3.63) is 71.8 Å². The van der Waals surface area contributed by atoms with E-state index in [1.54, 1.807) is 4.90 Å². The fourth-order valence-corrected chi connectivity index (χ4v) is 3.72. The second kappa shape index (κ2) is 6.23. The monoisotopic (exact) mass is 358 g/mol. The zero-order valence-corrected chi connectivity index (χ0v) is 15.7. The molecule has 3 aromatic rings. The third-order valence-corrected chi connectivity index (χ3v) is 4.96. The normalized spacial score (nSPS) is 13.3. The summed E-state index contributed by atoms with van der Waals surface area (Å²) in [6.45, 7) is 6.32. The molecule has 1 heterocycles. The molecule has 0 bridgehead atoms. The van der Waals surface area contributed by atoms with Crippen molar-refractivity contribution >= 4 is 34.0 Å². The molecule has 0 spiro atoms. The number of amides is 2. The summed E-state index contributed by atoms with van der Waals surface area (Å²) < 4.78 is 0. The molecule has 1 aliphatic heterocycles. The minimum atomic E-state index is -0.204. The molecule has 0 fully saturated rings. The lowest BCUT2D eigenvalue weighted by Crippen LogP contribution is -2.35. The molecule has 27 heavy (non-hydrogen) atoms. The van der Waals surface area contributed by atoms with Crippen LogP contribution in [0.15, 0.2) is 60.7 Å². The number of nitrogens with zero attached hydrogens (tertiary/aromatic N) is 1. The molecule has 3 aromatic carbocycles. The van der Waals surface area contributed by atoms with E-state index in [0.29, 0.717) is 5.56 Å². The summed E-state index contributed by atoms with van der Waals surface area (Å²) in [7, 11) is 0. The largest absolute Gasteiger partial charge is 0.324 e. The van der Waals surface area contributed by atoms with E-state index in [4.69, 9.17) is 0 Å². The van der Waals surface area contributed by atoms with Crippen molar-refractivity contribution in [1.82, 2.24) is 0 Å². The summed E-state index contributed by atoms with van der Waals surface area (Å²) in [6, 6.07) is 19.3. The van der Waals surface area contributed by atoms with Gasteiger partial charge >= 0.3 is 0 Å². The maximum atomic E-state index is 12.8. The van der Waals surface area contributed by atoms with E-state index in [9.17, 15) is 9.59 Å². The van der Waals surface area contributed by atoms with E-state index in [-0.39, 0.29) is 23.8 Å². The number of anilines is 2. The van der Waals surface area contributed by atoms with Crippen LogP contribution in [-0.2, 0) is 10.2 Å². The Hall–Kier alpha value is -3.14. The Morgan fingerprint density at radius 3 is 2.41 bits per heavy atom. The van der Waals surface area contributed by atoms with Gasteiger partial charge in [-0.3, -0.25) is 14.5 Å². The lowest BCUT2D eigenvalue weighted by atomic mass is 9.86. The zero-order chi connectivity index (χ0) is 19.2. The molecule has 0 saturated carbocycles. The lowest BCUT2D eigenvalue weighted by Gasteiger charge is -2.24. The quantitative estimate of drug-likeness (QED) is 0.735. The molecule has 0 aromatic heterocycles. The number of carbonyl (C=O) groups excluding carboxylic acids is 2. The molecule has 0 radical (unpaired) electrons. The van der Waals surface area contributed by atoms with Crippen LogP contribution in [0.1, 0.15) is 36.7 Å². The lowest BCUT2D eigenvalue weighted by molar-refractivity contribution is -0.114. The summed E-state index contributed by atoms with van der Waals surface area (Å²) >= 11 is 0. The molecule has 4 nitrogen and oxygen atoms in total. The summed E-state index contributed by atoms with van der Waals surface area (Å²) in [5.74, 6) is -0.328. The van der Waals surface area contributed by atoms with Gasteiger partial charge in [-0.2, -0.15) is 0 Å². The van der Waals surface area contributed by atoms with Gasteiger partial charge in [0, 0.05) is 16.6 Å². The van der Waals surface area contributed by atoms with E-state index < -0.39 is 0 Å². The van der Waals surface area contributed by atoms with E-state index >= 15 is 0 Å². The van der Waals surface area contributed by atoms with Crippen molar-refractivity contribution in [3.8, 4) is 0 Å². The van der Waals surface area contributed by atoms with Crippen LogP contribution in [0.2, 0.25) is 0 Å². The molecule has 0 saturated heterocycles. The average molecular weight is 358 g/mol. The fraction of sp³-hybridized carbons (Fsp3) is 0.217. The van der Waals surface area contributed by atoms with Crippen molar-refractivity contribution in [3.63, 3.8) is 0 Å². The van der Waals surface area contributed by atoms with Crippen molar-refractivity contribution in [2.24, 2.45) is 0 Å². The topological polar surface area (TPSA) is 49.4 Å².